The molecule has 0 aliphatic rings. The van der Waals surface area contributed by atoms with Crippen LogP contribution in [-0.4, -0.2) is 18.5 Å². The summed E-state index contributed by atoms with van der Waals surface area (Å²) in [6.07, 6.45) is 3.44. The Morgan fingerprint density at radius 2 is 2.29 bits per heavy atom. The standard InChI is InChI=1S/C12H15ClN2OS/c1-15(7-9-4-5-16-8-9)10(6-14)11-2-3-12(13)17-11/h2-5,8,10H,6-7,14H2,1H3. The van der Waals surface area contributed by atoms with E-state index in [0.717, 1.165) is 16.4 Å². The van der Waals surface area contributed by atoms with E-state index in [1.165, 1.54) is 4.88 Å². The molecule has 2 rings (SSSR count). The van der Waals surface area contributed by atoms with E-state index < -0.39 is 0 Å². The van der Waals surface area contributed by atoms with Crippen LogP contribution in [0.15, 0.2) is 35.1 Å². The van der Waals surface area contributed by atoms with Crippen LogP contribution in [0.1, 0.15) is 16.5 Å². The summed E-state index contributed by atoms with van der Waals surface area (Å²) in [6.45, 7) is 1.39. The van der Waals surface area contributed by atoms with E-state index in [-0.39, 0.29) is 6.04 Å². The predicted molar refractivity (Wildman–Crippen MR) is 71.3 cm³/mol. The van der Waals surface area contributed by atoms with E-state index >= 15 is 0 Å². The third-order valence-corrected chi connectivity index (χ3v) is 4.02. The highest BCUT2D eigenvalue weighted by Crippen LogP contribution is 2.30. The fraction of sp³-hybridized carbons (Fsp3) is 0.333. The van der Waals surface area contributed by atoms with Gasteiger partial charge < -0.3 is 10.2 Å². The highest BCUT2D eigenvalue weighted by Gasteiger charge is 2.17. The van der Waals surface area contributed by atoms with Gasteiger partial charge in [-0.15, -0.1) is 11.3 Å². The largest absolute Gasteiger partial charge is 0.472 e. The molecule has 0 spiro atoms. The number of nitrogens with two attached hydrogens (primary N) is 1. The maximum atomic E-state index is 5.95. The number of halogens is 1. The molecule has 0 bridgehead atoms. The smallest absolute Gasteiger partial charge is 0.0947 e. The van der Waals surface area contributed by atoms with Crippen LogP contribution in [0.2, 0.25) is 4.34 Å². The summed E-state index contributed by atoms with van der Waals surface area (Å²) in [5.41, 5.74) is 6.99. The van der Waals surface area contributed by atoms with Crippen LogP contribution >= 0.6 is 22.9 Å². The Hall–Kier alpha value is -0.810. The number of likely N-dealkylation sites (N-methyl/N-ethyl adjacent to an activating group) is 1. The van der Waals surface area contributed by atoms with Crippen molar-refractivity contribution in [2.45, 2.75) is 12.6 Å². The topological polar surface area (TPSA) is 42.4 Å². The van der Waals surface area contributed by atoms with Gasteiger partial charge in [-0.2, -0.15) is 0 Å². The highest BCUT2D eigenvalue weighted by atomic mass is 35.5. The van der Waals surface area contributed by atoms with Gasteiger partial charge in [0.25, 0.3) is 0 Å². The molecule has 0 radical (unpaired) electrons. The van der Waals surface area contributed by atoms with E-state index in [1.54, 1.807) is 23.9 Å². The van der Waals surface area contributed by atoms with Crippen molar-refractivity contribution in [1.29, 1.82) is 0 Å². The first kappa shape index (κ1) is 12.6. The average molecular weight is 271 g/mol. The van der Waals surface area contributed by atoms with Gasteiger partial charge in [-0.1, -0.05) is 11.6 Å². The zero-order valence-corrected chi connectivity index (χ0v) is 11.2. The maximum Gasteiger partial charge on any atom is 0.0947 e. The van der Waals surface area contributed by atoms with Gasteiger partial charge in [-0.05, 0) is 25.2 Å². The lowest BCUT2D eigenvalue weighted by molar-refractivity contribution is 0.244. The summed E-state index contributed by atoms with van der Waals surface area (Å²) < 4.78 is 5.86. The molecule has 2 aromatic rings. The number of furan rings is 1. The molecule has 5 heteroatoms. The second-order valence-electron chi connectivity index (χ2n) is 3.94. The second kappa shape index (κ2) is 5.69. The van der Waals surface area contributed by atoms with Crippen molar-refractivity contribution in [2.75, 3.05) is 13.6 Å². The van der Waals surface area contributed by atoms with Gasteiger partial charge in [0.1, 0.15) is 0 Å². The Kier molecular flexibility index (Phi) is 4.23. The molecule has 1 unspecified atom stereocenters. The van der Waals surface area contributed by atoms with Crippen LogP contribution in [-0.2, 0) is 6.54 Å². The molecule has 0 saturated carbocycles. The van der Waals surface area contributed by atoms with Gasteiger partial charge in [0.05, 0.1) is 22.9 Å². The van der Waals surface area contributed by atoms with Gasteiger partial charge in [0.15, 0.2) is 0 Å². The Morgan fingerprint density at radius 1 is 1.47 bits per heavy atom. The van der Waals surface area contributed by atoms with Crippen molar-refractivity contribution in [3.8, 4) is 0 Å². The number of hydrogen-bond acceptors (Lipinski definition) is 4. The van der Waals surface area contributed by atoms with Crippen molar-refractivity contribution >= 4 is 22.9 Å². The molecule has 2 N–H and O–H groups in total. The average Bonchev–Trinajstić information content (AvgIpc) is 2.91. The molecule has 92 valence electrons. The second-order valence-corrected chi connectivity index (χ2v) is 5.69. The first-order valence-electron chi connectivity index (χ1n) is 5.37. The fourth-order valence-corrected chi connectivity index (χ4v) is 3.04. The fourth-order valence-electron chi connectivity index (χ4n) is 1.80. The third-order valence-electron chi connectivity index (χ3n) is 2.69. The number of rotatable bonds is 5. The van der Waals surface area contributed by atoms with E-state index in [4.69, 9.17) is 21.8 Å². The van der Waals surface area contributed by atoms with E-state index in [1.807, 2.05) is 18.2 Å². The monoisotopic (exact) mass is 270 g/mol. The van der Waals surface area contributed by atoms with E-state index in [9.17, 15) is 0 Å². The minimum Gasteiger partial charge on any atom is -0.472 e. The number of thiophene rings is 1. The molecule has 2 aromatic heterocycles. The van der Waals surface area contributed by atoms with Crippen LogP contribution in [0.5, 0.6) is 0 Å². The Balaban J connectivity index is 2.07. The van der Waals surface area contributed by atoms with Crippen LogP contribution in [0.4, 0.5) is 0 Å². The van der Waals surface area contributed by atoms with Gasteiger partial charge >= 0.3 is 0 Å². The van der Waals surface area contributed by atoms with Crippen molar-refractivity contribution < 1.29 is 4.42 Å². The molecular formula is C12H15ClN2OS. The Labute approximate surface area is 110 Å². The lowest BCUT2D eigenvalue weighted by atomic mass is 10.2. The summed E-state index contributed by atoms with van der Waals surface area (Å²) in [5.74, 6) is 0. The maximum absolute atomic E-state index is 5.95. The lowest BCUT2D eigenvalue weighted by Gasteiger charge is -2.25. The molecule has 2 heterocycles. The first-order valence-corrected chi connectivity index (χ1v) is 6.56. The van der Waals surface area contributed by atoms with Crippen molar-refractivity contribution in [3.63, 3.8) is 0 Å². The van der Waals surface area contributed by atoms with Crippen LogP contribution in [0, 0.1) is 0 Å². The minimum absolute atomic E-state index is 0.197. The van der Waals surface area contributed by atoms with Crippen molar-refractivity contribution in [1.82, 2.24) is 4.90 Å². The summed E-state index contributed by atoms with van der Waals surface area (Å²) in [5, 5.41) is 0. The van der Waals surface area contributed by atoms with Gasteiger partial charge in [-0.25, -0.2) is 0 Å². The van der Waals surface area contributed by atoms with Gasteiger partial charge in [-0.3, -0.25) is 4.90 Å². The van der Waals surface area contributed by atoms with Crippen LogP contribution < -0.4 is 5.73 Å². The summed E-state index contributed by atoms with van der Waals surface area (Å²) >= 11 is 7.53. The molecule has 1 atom stereocenters. The third kappa shape index (κ3) is 3.10. The van der Waals surface area contributed by atoms with E-state index in [2.05, 4.69) is 11.9 Å². The Bertz CT molecular complexity index is 455. The molecule has 0 saturated heterocycles. The molecule has 3 nitrogen and oxygen atoms in total. The Morgan fingerprint density at radius 3 is 2.82 bits per heavy atom. The highest BCUT2D eigenvalue weighted by molar-refractivity contribution is 7.16. The molecular weight excluding hydrogens is 256 g/mol. The zero-order chi connectivity index (χ0) is 12.3. The molecule has 0 aliphatic heterocycles. The minimum atomic E-state index is 0.197. The summed E-state index contributed by atoms with van der Waals surface area (Å²) in [4.78, 5) is 3.40. The lowest BCUT2D eigenvalue weighted by Crippen LogP contribution is -2.29. The molecule has 0 aliphatic carbocycles. The summed E-state index contributed by atoms with van der Waals surface area (Å²) in [6, 6.07) is 6.11. The summed E-state index contributed by atoms with van der Waals surface area (Å²) in [7, 11) is 2.05. The molecule has 0 fully saturated rings. The van der Waals surface area contributed by atoms with Gasteiger partial charge in [0.2, 0.25) is 0 Å². The SMILES string of the molecule is CN(Cc1ccoc1)C(CN)c1ccc(Cl)s1. The molecule has 0 aromatic carbocycles. The van der Waals surface area contributed by atoms with Crippen LogP contribution in [0.25, 0.3) is 0 Å². The number of nitrogens with zero attached hydrogens (tertiary/aromatic N) is 1. The quantitative estimate of drug-likeness (QED) is 0.908. The normalized spacial score (nSPS) is 13.2. The van der Waals surface area contributed by atoms with Crippen molar-refractivity contribution in [3.05, 3.63) is 45.5 Å². The predicted octanol–water partition coefficient (Wildman–Crippen LogP) is 3.13. The first-order chi connectivity index (χ1) is 8.20. The van der Waals surface area contributed by atoms with Gasteiger partial charge in [0, 0.05) is 23.5 Å². The van der Waals surface area contributed by atoms with Crippen LogP contribution in [0.3, 0.4) is 0 Å². The zero-order valence-electron chi connectivity index (χ0n) is 9.60. The molecule has 17 heavy (non-hydrogen) atoms. The van der Waals surface area contributed by atoms with Crippen molar-refractivity contribution in [2.24, 2.45) is 5.73 Å². The van der Waals surface area contributed by atoms with E-state index in [0.29, 0.717) is 6.54 Å². The molecule has 0 amide bonds. The number of hydrogen-bond donors (Lipinski definition) is 1.